The number of nitrogens with zero attached hydrogens (tertiary/aromatic N) is 1. The van der Waals surface area contributed by atoms with Gasteiger partial charge in [0.05, 0.1) is 21.3 Å². The van der Waals surface area contributed by atoms with Gasteiger partial charge in [-0.2, -0.15) is 0 Å². The molecule has 0 bridgehead atoms. The number of halogens is 2. The highest BCUT2D eigenvalue weighted by Crippen LogP contribution is 2.39. The van der Waals surface area contributed by atoms with E-state index in [2.05, 4.69) is 4.99 Å². The highest BCUT2D eigenvalue weighted by atomic mass is 35.5. The van der Waals surface area contributed by atoms with Gasteiger partial charge in [-0.05, 0) is 47.5 Å². The first-order chi connectivity index (χ1) is 13.9. The van der Waals surface area contributed by atoms with Crippen molar-refractivity contribution in [2.45, 2.75) is 0 Å². The molecule has 150 valence electrons. The van der Waals surface area contributed by atoms with Crippen LogP contribution < -0.4 is 14.2 Å². The smallest absolute Gasteiger partial charge is 0.363 e. The van der Waals surface area contributed by atoms with E-state index in [-0.39, 0.29) is 11.6 Å². The number of carbonyl (C=O) groups excluding carboxylic acids is 1. The number of rotatable bonds is 6. The van der Waals surface area contributed by atoms with E-state index in [9.17, 15) is 4.79 Å². The molecule has 3 rings (SSSR count). The Hall–Kier alpha value is -2.96. The molecule has 0 N–H and O–H groups in total. The van der Waals surface area contributed by atoms with E-state index < -0.39 is 5.97 Å². The number of carbonyl (C=O) groups is 1. The number of ether oxygens (including phenoxy) is 4. The van der Waals surface area contributed by atoms with Crippen molar-refractivity contribution in [1.82, 2.24) is 0 Å². The maximum absolute atomic E-state index is 12.2. The first-order valence-electron chi connectivity index (χ1n) is 8.41. The van der Waals surface area contributed by atoms with Gasteiger partial charge in [0.2, 0.25) is 11.6 Å². The SMILES string of the molecule is COc1cc(C=C2N=C(C=Cc3ccc(Cl)cc3Cl)OC2=O)cc(OC)c1OC. The van der Waals surface area contributed by atoms with Crippen LogP contribution in [-0.2, 0) is 9.53 Å². The zero-order valence-electron chi connectivity index (χ0n) is 15.9. The maximum Gasteiger partial charge on any atom is 0.363 e. The van der Waals surface area contributed by atoms with Gasteiger partial charge in [-0.25, -0.2) is 9.79 Å². The minimum Gasteiger partial charge on any atom is -0.493 e. The quantitative estimate of drug-likeness (QED) is 0.472. The van der Waals surface area contributed by atoms with E-state index in [1.165, 1.54) is 21.3 Å². The molecule has 0 aliphatic carbocycles. The first kappa shape index (κ1) is 20.8. The molecule has 0 saturated carbocycles. The van der Waals surface area contributed by atoms with Crippen molar-refractivity contribution in [3.05, 3.63) is 63.3 Å². The molecule has 0 atom stereocenters. The Labute approximate surface area is 178 Å². The van der Waals surface area contributed by atoms with Crippen molar-refractivity contribution >= 4 is 47.2 Å². The summed E-state index contributed by atoms with van der Waals surface area (Å²) in [5.41, 5.74) is 1.50. The molecule has 1 aliphatic rings. The summed E-state index contributed by atoms with van der Waals surface area (Å²) in [7, 11) is 4.55. The van der Waals surface area contributed by atoms with Crippen LogP contribution in [0.5, 0.6) is 17.2 Å². The molecular weight excluding hydrogens is 417 g/mol. The normalized spacial score (nSPS) is 14.9. The van der Waals surface area contributed by atoms with Crippen LogP contribution in [0.3, 0.4) is 0 Å². The molecule has 0 aromatic heterocycles. The molecule has 2 aromatic carbocycles. The molecule has 6 nitrogen and oxygen atoms in total. The molecule has 8 heteroatoms. The van der Waals surface area contributed by atoms with Gasteiger partial charge in [0.25, 0.3) is 0 Å². The minimum atomic E-state index is -0.569. The Morgan fingerprint density at radius 1 is 0.966 bits per heavy atom. The van der Waals surface area contributed by atoms with E-state index >= 15 is 0 Å². The molecule has 1 aliphatic heterocycles. The van der Waals surface area contributed by atoms with Crippen LogP contribution in [0, 0.1) is 0 Å². The second kappa shape index (κ2) is 9.03. The van der Waals surface area contributed by atoms with E-state index in [0.717, 1.165) is 5.56 Å². The van der Waals surface area contributed by atoms with Crippen LogP contribution in [-0.4, -0.2) is 33.2 Å². The Bertz CT molecular complexity index is 1020. The highest BCUT2D eigenvalue weighted by Gasteiger charge is 2.22. The van der Waals surface area contributed by atoms with Crippen molar-refractivity contribution in [3.63, 3.8) is 0 Å². The van der Waals surface area contributed by atoms with Crippen molar-refractivity contribution in [1.29, 1.82) is 0 Å². The van der Waals surface area contributed by atoms with Crippen molar-refractivity contribution in [3.8, 4) is 17.2 Å². The summed E-state index contributed by atoms with van der Waals surface area (Å²) < 4.78 is 21.1. The molecule has 0 spiro atoms. The van der Waals surface area contributed by atoms with Crippen molar-refractivity contribution < 1.29 is 23.7 Å². The molecule has 0 saturated heterocycles. The number of hydrogen-bond donors (Lipinski definition) is 0. The van der Waals surface area contributed by atoms with Gasteiger partial charge >= 0.3 is 5.97 Å². The van der Waals surface area contributed by atoms with Gasteiger partial charge < -0.3 is 18.9 Å². The fourth-order valence-corrected chi connectivity index (χ4v) is 3.11. The summed E-state index contributed by atoms with van der Waals surface area (Å²) in [5.74, 6) is 0.969. The summed E-state index contributed by atoms with van der Waals surface area (Å²) >= 11 is 12.0. The molecule has 0 fully saturated rings. The number of aliphatic imine (C=N–C) groups is 1. The lowest BCUT2D eigenvalue weighted by atomic mass is 10.1. The molecule has 0 unspecified atom stereocenters. The van der Waals surface area contributed by atoms with Crippen LogP contribution in [0.4, 0.5) is 0 Å². The second-order valence-corrected chi connectivity index (χ2v) is 6.67. The molecule has 29 heavy (non-hydrogen) atoms. The lowest BCUT2D eigenvalue weighted by Gasteiger charge is -2.12. The summed E-state index contributed by atoms with van der Waals surface area (Å²) in [6.07, 6.45) is 4.82. The summed E-state index contributed by atoms with van der Waals surface area (Å²) in [4.78, 5) is 16.4. The Kier molecular flexibility index (Phi) is 6.46. The van der Waals surface area contributed by atoms with Gasteiger partial charge in [-0.1, -0.05) is 29.3 Å². The van der Waals surface area contributed by atoms with Crippen LogP contribution in [0.15, 0.2) is 47.1 Å². The van der Waals surface area contributed by atoms with Gasteiger partial charge in [0.1, 0.15) is 0 Å². The molecule has 0 radical (unpaired) electrons. The van der Waals surface area contributed by atoms with Crippen LogP contribution in [0.1, 0.15) is 11.1 Å². The largest absolute Gasteiger partial charge is 0.493 e. The number of benzene rings is 2. The number of hydrogen-bond acceptors (Lipinski definition) is 6. The Balaban J connectivity index is 1.89. The number of methoxy groups -OCH3 is 3. The lowest BCUT2D eigenvalue weighted by molar-refractivity contribution is -0.129. The van der Waals surface area contributed by atoms with Crippen LogP contribution in [0.25, 0.3) is 12.2 Å². The number of cyclic esters (lactones) is 1. The average molecular weight is 434 g/mol. The summed E-state index contributed by atoms with van der Waals surface area (Å²) in [6.45, 7) is 0. The standard InChI is InChI=1S/C21H17Cl2NO5/c1-26-17-9-12(10-18(27-2)20(17)28-3)8-16-21(25)29-19(24-16)7-5-13-4-6-14(22)11-15(13)23/h4-11H,1-3H3. The fraction of sp³-hybridized carbons (Fsp3) is 0.143. The zero-order valence-corrected chi connectivity index (χ0v) is 17.4. The minimum absolute atomic E-state index is 0.140. The van der Waals surface area contributed by atoms with E-state index in [4.69, 9.17) is 42.1 Å². The monoisotopic (exact) mass is 433 g/mol. The van der Waals surface area contributed by atoms with Gasteiger partial charge in [0.15, 0.2) is 17.2 Å². The van der Waals surface area contributed by atoms with E-state index in [1.807, 2.05) is 0 Å². The van der Waals surface area contributed by atoms with Crippen LogP contribution >= 0.6 is 23.2 Å². The average Bonchev–Trinajstić information content (AvgIpc) is 3.05. The summed E-state index contributed by atoms with van der Waals surface area (Å²) in [5, 5.41) is 1.01. The lowest BCUT2D eigenvalue weighted by Crippen LogP contribution is -2.01. The van der Waals surface area contributed by atoms with Crippen molar-refractivity contribution in [2.75, 3.05) is 21.3 Å². The molecule has 0 amide bonds. The van der Waals surface area contributed by atoms with Gasteiger partial charge in [-0.15, -0.1) is 0 Å². The predicted molar refractivity (Wildman–Crippen MR) is 113 cm³/mol. The maximum atomic E-state index is 12.2. The third-order valence-electron chi connectivity index (χ3n) is 4.00. The Morgan fingerprint density at radius 3 is 2.24 bits per heavy atom. The van der Waals surface area contributed by atoms with E-state index in [1.54, 1.807) is 48.6 Å². The molecular formula is C21H17Cl2NO5. The van der Waals surface area contributed by atoms with Gasteiger partial charge in [0, 0.05) is 16.1 Å². The van der Waals surface area contributed by atoms with Crippen molar-refractivity contribution in [2.24, 2.45) is 4.99 Å². The first-order valence-corrected chi connectivity index (χ1v) is 9.16. The third-order valence-corrected chi connectivity index (χ3v) is 4.56. The molecule has 2 aromatic rings. The topological polar surface area (TPSA) is 66.4 Å². The summed E-state index contributed by atoms with van der Waals surface area (Å²) in [6, 6.07) is 8.51. The predicted octanol–water partition coefficient (Wildman–Crippen LogP) is 5.03. The molecule has 1 heterocycles. The van der Waals surface area contributed by atoms with E-state index in [0.29, 0.717) is 32.9 Å². The zero-order chi connectivity index (χ0) is 21.0. The fourth-order valence-electron chi connectivity index (χ4n) is 2.64. The highest BCUT2D eigenvalue weighted by molar-refractivity contribution is 6.35. The van der Waals surface area contributed by atoms with Crippen LogP contribution in [0.2, 0.25) is 10.0 Å². The number of esters is 1. The second-order valence-electron chi connectivity index (χ2n) is 5.83. The third kappa shape index (κ3) is 4.72. The Morgan fingerprint density at radius 2 is 1.66 bits per heavy atom. The van der Waals surface area contributed by atoms with Gasteiger partial charge in [-0.3, -0.25) is 0 Å².